The van der Waals surface area contributed by atoms with Crippen molar-refractivity contribution in [2.45, 2.75) is 50.7 Å². The van der Waals surface area contributed by atoms with Gasteiger partial charge in [-0.3, -0.25) is 9.59 Å². The molecule has 2 fully saturated rings. The van der Waals surface area contributed by atoms with E-state index in [0.29, 0.717) is 26.3 Å². The molecule has 0 saturated carbocycles. The fourth-order valence-electron chi connectivity index (χ4n) is 2.47. The van der Waals surface area contributed by atoms with E-state index in [1.165, 1.54) is 0 Å². The van der Waals surface area contributed by atoms with Crippen LogP contribution in [-0.4, -0.2) is 50.3 Å². The minimum Gasteiger partial charge on any atom is -0.368 e. The van der Waals surface area contributed by atoms with Crippen LogP contribution >= 0.6 is 0 Å². The minimum absolute atomic E-state index is 0.00843. The van der Waals surface area contributed by atoms with Gasteiger partial charge >= 0.3 is 0 Å². The summed E-state index contributed by atoms with van der Waals surface area (Å²) in [4.78, 5) is 23.3. The second-order valence-corrected chi connectivity index (χ2v) is 5.29. The lowest BCUT2D eigenvalue weighted by molar-refractivity contribution is -0.130. The van der Waals surface area contributed by atoms with E-state index in [2.05, 4.69) is 10.6 Å². The highest BCUT2D eigenvalue weighted by atomic mass is 16.5. The molecule has 2 rings (SSSR count). The van der Waals surface area contributed by atoms with Gasteiger partial charge < -0.3 is 20.1 Å². The van der Waals surface area contributed by atoms with Gasteiger partial charge in [-0.1, -0.05) is 0 Å². The van der Waals surface area contributed by atoms with Crippen molar-refractivity contribution < 1.29 is 19.1 Å². The Morgan fingerprint density at radius 3 is 1.65 bits per heavy atom. The molecular formula is C14H24N2O4. The molecule has 2 heterocycles. The molecular weight excluding hydrogens is 260 g/mol. The van der Waals surface area contributed by atoms with Crippen LogP contribution in [0.1, 0.15) is 38.5 Å². The van der Waals surface area contributed by atoms with Crippen molar-refractivity contribution >= 4 is 11.8 Å². The lowest BCUT2D eigenvalue weighted by Gasteiger charge is -2.11. The standard InChI is InChI=1S/C14H24N2O4/c17-13(11-5-3-9-19-11)15-7-1-2-8-16-14(18)12-6-4-10-20-12/h11-12H,1-10H2,(H,15,17)(H,16,18)/t11-,12+. The van der Waals surface area contributed by atoms with Crippen molar-refractivity contribution in [3.8, 4) is 0 Å². The first-order chi connectivity index (χ1) is 9.77. The predicted octanol–water partition coefficient (Wildman–Crippen LogP) is 0.357. The van der Waals surface area contributed by atoms with Crippen LogP contribution in [0.15, 0.2) is 0 Å². The average molecular weight is 284 g/mol. The lowest BCUT2D eigenvalue weighted by Crippen LogP contribution is -2.36. The first-order valence-electron chi connectivity index (χ1n) is 7.56. The molecule has 0 spiro atoms. The van der Waals surface area contributed by atoms with Crippen LogP contribution in [0.3, 0.4) is 0 Å². The van der Waals surface area contributed by atoms with Crippen molar-refractivity contribution in [3.63, 3.8) is 0 Å². The Bertz CT molecular complexity index is 291. The molecule has 0 aromatic carbocycles. The van der Waals surface area contributed by atoms with E-state index in [0.717, 1.165) is 38.5 Å². The second-order valence-electron chi connectivity index (χ2n) is 5.29. The summed E-state index contributed by atoms with van der Waals surface area (Å²) in [5.74, 6) is -0.0169. The van der Waals surface area contributed by atoms with Crippen LogP contribution in [0.4, 0.5) is 0 Å². The Balaban J connectivity index is 1.45. The van der Waals surface area contributed by atoms with E-state index < -0.39 is 0 Å². The Morgan fingerprint density at radius 2 is 1.30 bits per heavy atom. The molecule has 0 unspecified atom stereocenters. The minimum atomic E-state index is -0.255. The largest absolute Gasteiger partial charge is 0.368 e. The zero-order chi connectivity index (χ0) is 14.2. The quantitative estimate of drug-likeness (QED) is 0.662. The highest BCUT2D eigenvalue weighted by molar-refractivity contribution is 5.81. The number of rotatable bonds is 7. The highest BCUT2D eigenvalue weighted by Crippen LogP contribution is 2.12. The second kappa shape index (κ2) is 8.21. The number of unbranched alkanes of at least 4 members (excludes halogenated alkanes) is 1. The number of carbonyl (C=O) groups is 2. The maximum Gasteiger partial charge on any atom is 0.249 e. The van der Waals surface area contributed by atoms with Crippen LogP contribution in [0.25, 0.3) is 0 Å². The van der Waals surface area contributed by atoms with Crippen molar-refractivity contribution in [2.75, 3.05) is 26.3 Å². The summed E-state index contributed by atoms with van der Waals surface area (Å²) >= 11 is 0. The van der Waals surface area contributed by atoms with Crippen LogP contribution in [-0.2, 0) is 19.1 Å². The van der Waals surface area contributed by atoms with Gasteiger partial charge in [-0.25, -0.2) is 0 Å². The van der Waals surface area contributed by atoms with Crippen LogP contribution in [0, 0.1) is 0 Å². The SMILES string of the molecule is O=C(NCCCCNC(=O)[C@H]1CCCO1)[C@@H]1CCCO1. The summed E-state index contributed by atoms with van der Waals surface area (Å²) in [6.45, 7) is 2.64. The van der Waals surface area contributed by atoms with Crippen molar-refractivity contribution in [2.24, 2.45) is 0 Å². The predicted molar refractivity (Wildman–Crippen MR) is 73.2 cm³/mol. The summed E-state index contributed by atoms with van der Waals surface area (Å²) in [5, 5.41) is 5.73. The topological polar surface area (TPSA) is 76.7 Å². The third-order valence-corrected chi connectivity index (χ3v) is 3.65. The van der Waals surface area contributed by atoms with Crippen molar-refractivity contribution in [3.05, 3.63) is 0 Å². The monoisotopic (exact) mass is 284 g/mol. The van der Waals surface area contributed by atoms with Crippen LogP contribution in [0.2, 0.25) is 0 Å². The fraction of sp³-hybridized carbons (Fsp3) is 0.857. The van der Waals surface area contributed by atoms with Gasteiger partial charge in [-0.15, -0.1) is 0 Å². The van der Waals surface area contributed by atoms with Gasteiger partial charge in [0.15, 0.2) is 0 Å². The number of carbonyl (C=O) groups excluding carboxylic acids is 2. The Labute approximate surface area is 119 Å². The molecule has 2 atom stereocenters. The van der Waals surface area contributed by atoms with Gasteiger partial charge in [0.2, 0.25) is 11.8 Å². The fourth-order valence-corrected chi connectivity index (χ4v) is 2.47. The molecule has 114 valence electrons. The maximum atomic E-state index is 11.6. The van der Waals surface area contributed by atoms with E-state index in [4.69, 9.17) is 9.47 Å². The lowest BCUT2D eigenvalue weighted by atomic mass is 10.2. The van der Waals surface area contributed by atoms with Crippen molar-refractivity contribution in [1.82, 2.24) is 10.6 Å². The summed E-state index contributed by atoms with van der Waals surface area (Å²) in [6.07, 6.45) is 4.77. The van der Waals surface area contributed by atoms with E-state index in [1.807, 2.05) is 0 Å². The Morgan fingerprint density at radius 1 is 0.850 bits per heavy atom. The third kappa shape index (κ3) is 4.76. The van der Waals surface area contributed by atoms with Gasteiger partial charge in [0.05, 0.1) is 0 Å². The average Bonchev–Trinajstić information content (AvgIpc) is 3.14. The zero-order valence-electron chi connectivity index (χ0n) is 11.9. The van der Waals surface area contributed by atoms with Gasteiger partial charge in [0.1, 0.15) is 12.2 Å². The molecule has 2 aliphatic rings. The van der Waals surface area contributed by atoms with E-state index in [-0.39, 0.29) is 24.0 Å². The van der Waals surface area contributed by atoms with Crippen molar-refractivity contribution in [1.29, 1.82) is 0 Å². The molecule has 2 amide bonds. The van der Waals surface area contributed by atoms with E-state index in [9.17, 15) is 9.59 Å². The first-order valence-corrected chi connectivity index (χ1v) is 7.56. The molecule has 0 bridgehead atoms. The molecule has 6 heteroatoms. The summed E-state index contributed by atoms with van der Waals surface area (Å²) < 4.78 is 10.6. The molecule has 0 aromatic heterocycles. The molecule has 20 heavy (non-hydrogen) atoms. The van der Waals surface area contributed by atoms with E-state index in [1.54, 1.807) is 0 Å². The summed E-state index contributed by atoms with van der Waals surface area (Å²) in [7, 11) is 0. The number of amides is 2. The molecule has 2 N–H and O–H groups in total. The summed E-state index contributed by atoms with van der Waals surface area (Å²) in [5.41, 5.74) is 0. The zero-order valence-corrected chi connectivity index (χ0v) is 11.9. The van der Waals surface area contributed by atoms with Gasteiger partial charge in [0.25, 0.3) is 0 Å². The number of nitrogens with one attached hydrogen (secondary N) is 2. The summed E-state index contributed by atoms with van der Waals surface area (Å²) in [6, 6.07) is 0. The van der Waals surface area contributed by atoms with Gasteiger partial charge in [-0.2, -0.15) is 0 Å². The molecule has 0 radical (unpaired) electrons. The van der Waals surface area contributed by atoms with Gasteiger partial charge in [0, 0.05) is 26.3 Å². The number of hydrogen-bond donors (Lipinski definition) is 2. The van der Waals surface area contributed by atoms with Crippen LogP contribution < -0.4 is 10.6 Å². The third-order valence-electron chi connectivity index (χ3n) is 3.65. The number of hydrogen-bond acceptors (Lipinski definition) is 4. The van der Waals surface area contributed by atoms with E-state index >= 15 is 0 Å². The van der Waals surface area contributed by atoms with Crippen LogP contribution in [0.5, 0.6) is 0 Å². The molecule has 0 aromatic rings. The molecule has 2 aliphatic heterocycles. The highest BCUT2D eigenvalue weighted by Gasteiger charge is 2.23. The Hall–Kier alpha value is -1.14. The first kappa shape index (κ1) is 15.3. The molecule has 0 aliphatic carbocycles. The number of ether oxygens (including phenoxy) is 2. The molecule has 6 nitrogen and oxygen atoms in total. The maximum absolute atomic E-state index is 11.6. The normalized spacial score (nSPS) is 25.6. The van der Waals surface area contributed by atoms with Gasteiger partial charge in [-0.05, 0) is 38.5 Å². The molecule has 2 saturated heterocycles. The Kier molecular flexibility index (Phi) is 6.26. The smallest absolute Gasteiger partial charge is 0.249 e.